The third-order valence-electron chi connectivity index (χ3n) is 3.79. The Labute approximate surface area is 107 Å². The number of Topliss-reactive ketones (excluding diaryl/α,β-unsaturated/α-hetero) is 1. The summed E-state index contributed by atoms with van der Waals surface area (Å²) < 4.78 is 2.03. The van der Waals surface area contributed by atoms with Crippen molar-refractivity contribution in [1.82, 2.24) is 9.88 Å². The molecule has 1 aliphatic rings. The molecule has 1 saturated heterocycles. The van der Waals surface area contributed by atoms with E-state index in [0.29, 0.717) is 0 Å². The third-order valence-corrected chi connectivity index (χ3v) is 3.79. The molecule has 2 heterocycles. The Balaban J connectivity index is 2.00. The maximum absolute atomic E-state index is 12.6. The first-order valence-electron chi connectivity index (χ1n) is 6.59. The number of piperidine rings is 1. The van der Waals surface area contributed by atoms with Gasteiger partial charge in [0.05, 0.1) is 6.04 Å². The number of fused-ring (bicyclic) bond motifs is 1. The minimum Gasteiger partial charge on any atom is -0.350 e. The van der Waals surface area contributed by atoms with Crippen LogP contribution in [0.25, 0.3) is 10.9 Å². The average molecular weight is 242 g/mol. The van der Waals surface area contributed by atoms with Crippen molar-refractivity contribution in [2.24, 2.45) is 7.05 Å². The lowest BCUT2D eigenvalue weighted by molar-refractivity contribution is 0.0928. The van der Waals surface area contributed by atoms with E-state index in [1.54, 1.807) is 0 Å². The Bertz CT molecular complexity index is 579. The molecule has 94 valence electrons. The maximum Gasteiger partial charge on any atom is 0.181 e. The quantitative estimate of drug-likeness (QED) is 0.821. The highest BCUT2D eigenvalue weighted by Gasteiger charge is 2.24. The van der Waals surface area contributed by atoms with E-state index in [9.17, 15) is 4.79 Å². The molecule has 0 amide bonds. The number of para-hydroxylation sites is 1. The normalized spacial score (nSPS) is 20.2. The summed E-state index contributed by atoms with van der Waals surface area (Å²) in [7, 11) is 1.99. The Morgan fingerprint density at radius 3 is 2.94 bits per heavy atom. The zero-order chi connectivity index (χ0) is 12.5. The fourth-order valence-electron chi connectivity index (χ4n) is 2.80. The Hall–Kier alpha value is -1.61. The van der Waals surface area contributed by atoms with Crippen molar-refractivity contribution in [2.75, 3.05) is 6.54 Å². The van der Waals surface area contributed by atoms with Crippen LogP contribution in [0.1, 0.15) is 29.6 Å². The van der Waals surface area contributed by atoms with Crippen molar-refractivity contribution in [3.63, 3.8) is 0 Å². The van der Waals surface area contributed by atoms with Crippen molar-refractivity contribution in [3.05, 3.63) is 36.0 Å². The second-order valence-corrected chi connectivity index (χ2v) is 5.04. The highest BCUT2D eigenvalue weighted by Crippen LogP contribution is 2.23. The van der Waals surface area contributed by atoms with Crippen LogP contribution < -0.4 is 5.32 Å². The van der Waals surface area contributed by atoms with Gasteiger partial charge in [0.2, 0.25) is 0 Å². The summed E-state index contributed by atoms with van der Waals surface area (Å²) in [5.41, 5.74) is 1.98. The van der Waals surface area contributed by atoms with Gasteiger partial charge in [-0.15, -0.1) is 0 Å². The van der Waals surface area contributed by atoms with Crippen LogP contribution in [0.2, 0.25) is 0 Å². The summed E-state index contributed by atoms with van der Waals surface area (Å²) in [6, 6.07) is 8.10. The number of hydrogen-bond acceptors (Lipinski definition) is 2. The van der Waals surface area contributed by atoms with Gasteiger partial charge in [0.1, 0.15) is 0 Å². The van der Waals surface area contributed by atoms with Gasteiger partial charge in [-0.3, -0.25) is 4.79 Å². The first-order chi connectivity index (χ1) is 8.77. The minimum atomic E-state index is 0.00422. The number of nitrogens with one attached hydrogen (secondary N) is 1. The first kappa shape index (κ1) is 11.5. The van der Waals surface area contributed by atoms with Crippen LogP contribution in [0.4, 0.5) is 0 Å². The van der Waals surface area contributed by atoms with Crippen molar-refractivity contribution in [3.8, 4) is 0 Å². The fraction of sp³-hybridized carbons (Fsp3) is 0.400. The molecular weight excluding hydrogens is 224 g/mol. The van der Waals surface area contributed by atoms with E-state index < -0.39 is 0 Å². The predicted octanol–water partition coefficient (Wildman–Crippen LogP) is 2.50. The standard InChI is InChI=1S/C15H18N2O/c1-17-10-12(11-6-2-3-8-14(11)17)15(18)13-7-4-5-9-16-13/h2-3,6,8,10,13,16H,4-5,7,9H2,1H3. The summed E-state index contributed by atoms with van der Waals surface area (Å²) in [4.78, 5) is 12.6. The van der Waals surface area contributed by atoms with E-state index in [1.807, 2.05) is 36.0 Å². The average Bonchev–Trinajstić information content (AvgIpc) is 2.77. The maximum atomic E-state index is 12.6. The Morgan fingerprint density at radius 2 is 2.17 bits per heavy atom. The van der Waals surface area contributed by atoms with E-state index in [0.717, 1.165) is 35.9 Å². The molecular formula is C15H18N2O. The molecule has 1 unspecified atom stereocenters. The van der Waals surface area contributed by atoms with E-state index in [-0.39, 0.29) is 11.8 Å². The van der Waals surface area contributed by atoms with Gasteiger partial charge in [-0.2, -0.15) is 0 Å². The smallest absolute Gasteiger partial charge is 0.181 e. The minimum absolute atomic E-state index is 0.00422. The SMILES string of the molecule is Cn1cc(C(=O)C2CCCCN2)c2ccccc21. The molecule has 0 spiro atoms. The number of rotatable bonds is 2. The molecule has 1 aliphatic heterocycles. The molecule has 0 bridgehead atoms. The molecule has 0 radical (unpaired) electrons. The largest absolute Gasteiger partial charge is 0.350 e. The molecule has 0 aliphatic carbocycles. The number of benzene rings is 1. The van der Waals surface area contributed by atoms with Gasteiger partial charge in [0, 0.05) is 29.7 Å². The first-order valence-corrected chi connectivity index (χ1v) is 6.59. The van der Waals surface area contributed by atoms with Crippen LogP contribution in [0, 0.1) is 0 Å². The van der Waals surface area contributed by atoms with Crippen LogP contribution in [-0.2, 0) is 7.05 Å². The van der Waals surface area contributed by atoms with Crippen molar-refractivity contribution < 1.29 is 4.79 Å². The van der Waals surface area contributed by atoms with Crippen LogP contribution >= 0.6 is 0 Å². The summed E-state index contributed by atoms with van der Waals surface area (Å²) in [5, 5.41) is 4.40. The lowest BCUT2D eigenvalue weighted by atomic mass is 9.96. The van der Waals surface area contributed by atoms with Gasteiger partial charge in [0.15, 0.2) is 5.78 Å². The van der Waals surface area contributed by atoms with E-state index >= 15 is 0 Å². The van der Waals surface area contributed by atoms with E-state index in [2.05, 4.69) is 11.4 Å². The number of nitrogens with zero attached hydrogens (tertiary/aromatic N) is 1. The van der Waals surface area contributed by atoms with Crippen molar-refractivity contribution >= 4 is 16.7 Å². The van der Waals surface area contributed by atoms with E-state index in [1.165, 1.54) is 6.42 Å². The monoisotopic (exact) mass is 242 g/mol. The number of hydrogen-bond donors (Lipinski definition) is 1. The Morgan fingerprint density at radius 1 is 1.33 bits per heavy atom. The lowest BCUT2D eigenvalue weighted by Crippen LogP contribution is -2.40. The zero-order valence-electron chi connectivity index (χ0n) is 10.6. The number of aromatic nitrogens is 1. The molecule has 18 heavy (non-hydrogen) atoms. The highest BCUT2D eigenvalue weighted by atomic mass is 16.1. The number of carbonyl (C=O) groups excluding carboxylic acids is 1. The summed E-state index contributed by atoms with van der Waals surface area (Å²) in [6.07, 6.45) is 5.25. The molecule has 1 atom stereocenters. The lowest BCUT2D eigenvalue weighted by Gasteiger charge is -2.21. The van der Waals surface area contributed by atoms with Gasteiger partial charge in [0.25, 0.3) is 0 Å². The predicted molar refractivity (Wildman–Crippen MR) is 72.9 cm³/mol. The van der Waals surface area contributed by atoms with Crippen molar-refractivity contribution in [1.29, 1.82) is 0 Å². The van der Waals surface area contributed by atoms with Crippen LogP contribution in [-0.4, -0.2) is 22.9 Å². The van der Waals surface area contributed by atoms with Gasteiger partial charge < -0.3 is 9.88 Å². The topological polar surface area (TPSA) is 34.0 Å². The molecule has 3 heteroatoms. The van der Waals surface area contributed by atoms with Crippen LogP contribution in [0.15, 0.2) is 30.5 Å². The molecule has 2 aromatic rings. The second-order valence-electron chi connectivity index (χ2n) is 5.04. The van der Waals surface area contributed by atoms with Gasteiger partial charge in [-0.1, -0.05) is 24.6 Å². The van der Waals surface area contributed by atoms with Crippen LogP contribution in [0.5, 0.6) is 0 Å². The third kappa shape index (κ3) is 1.85. The fourth-order valence-corrected chi connectivity index (χ4v) is 2.80. The zero-order valence-corrected chi connectivity index (χ0v) is 10.6. The Kier molecular flexibility index (Phi) is 2.92. The molecule has 1 fully saturated rings. The summed E-state index contributed by atoms with van der Waals surface area (Å²) in [6.45, 7) is 0.959. The molecule has 1 aromatic heterocycles. The number of carbonyl (C=O) groups is 1. The highest BCUT2D eigenvalue weighted by molar-refractivity contribution is 6.10. The second kappa shape index (κ2) is 4.58. The number of aryl methyl sites for hydroxylation is 1. The van der Waals surface area contributed by atoms with Crippen LogP contribution in [0.3, 0.4) is 0 Å². The molecule has 1 N–H and O–H groups in total. The van der Waals surface area contributed by atoms with E-state index in [4.69, 9.17) is 0 Å². The summed E-state index contributed by atoms with van der Waals surface area (Å²) in [5.74, 6) is 0.242. The summed E-state index contributed by atoms with van der Waals surface area (Å²) >= 11 is 0. The number of ketones is 1. The molecule has 3 nitrogen and oxygen atoms in total. The van der Waals surface area contributed by atoms with Gasteiger partial charge in [-0.25, -0.2) is 0 Å². The van der Waals surface area contributed by atoms with Gasteiger partial charge in [-0.05, 0) is 25.5 Å². The van der Waals surface area contributed by atoms with Crippen molar-refractivity contribution in [2.45, 2.75) is 25.3 Å². The van der Waals surface area contributed by atoms with Gasteiger partial charge >= 0.3 is 0 Å². The molecule has 3 rings (SSSR count). The molecule has 1 aromatic carbocycles. The molecule has 0 saturated carbocycles.